The highest BCUT2D eigenvalue weighted by atomic mass is 16.6. The van der Waals surface area contributed by atoms with Crippen molar-refractivity contribution in [2.24, 2.45) is 46.3 Å². The van der Waals surface area contributed by atoms with Crippen molar-refractivity contribution < 1.29 is 44.9 Å². The zero-order chi connectivity index (χ0) is 28.5. The lowest BCUT2D eigenvalue weighted by atomic mass is 9.43. The molecule has 4 rings (SSSR count). The molecule has 0 amide bonds. The SMILES string of the molecule is C[C@H](CCC(=O)OC(CO)COCC(O)CO)[C@H]1CCC2C3C(C[C@H](O)[C@@]21C)[C@@]1(C)CC[C@@H](O)C[C@H]1C[C@H]3O. The van der Waals surface area contributed by atoms with Crippen molar-refractivity contribution in [1.29, 1.82) is 0 Å². The van der Waals surface area contributed by atoms with Crippen LogP contribution in [0.4, 0.5) is 0 Å². The number of carbonyl (C=O) groups is 1. The molecule has 0 aromatic carbocycles. The zero-order valence-corrected chi connectivity index (χ0v) is 24.0. The summed E-state index contributed by atoms with van der Waals surface area (Å²) in [6.45, 7) is 5.69. The summed E-state index contributed by atoms with van der Waals surface area (Å²) >= 11 is 0. The number of hydrogen-bond donors (Lipinski definition) is 6. The van der Waals surface area contributed by atoms with Crippen molar-refractivity contribution in [2.75, 3.05) is 26.4 Å². The third-order valence-corrected chi connectivity index (χ3v) is 11.7. The minimum absolute atomic E-state index is 0.0437. The normalized spacial score (nSPS) is 44.0. The Balaban J connectivity index is 1.36. The number of aliphatic hydroxyl groups excluding tert-OH is 6. The first-order valence-corrected chi connectivity index (χ1v) is 15.2. The molecule has 0 heterocycles. The second-order valence-electron chi connectivity index (χ2n) is 13.7. The predicted molar refractivity (Wildman–Crippen MR) is 143 cm³/mol. The molecular formula is C30H52O9. The van der Waals surface area contributed by atoms with Crippen LogP contribution >= 0.6 is 0 Å². The Kier molecular flexibility index (Phi) is 10.1. The molecule has 0 spiro atoms. The molecule has 226 valence electrons. The van der Waals surface area contributed by atoms with E-state index in [1.807, 2.05) is 0 Å². The van der Waals surface area contributed by atoms with Gasteiger partial charge in [-0.3, -0.25) is 4.79 Å². The summed E-state index contributed by atoms with van der Waals surface area (Å²) in [7, 11) is 0. The Morgan fingerprint density at radius 1 is 0.974 bits per heavy atom. The predicted octanol–water partition coefficient (Wildman–Crippen LogP) is 1.64. The standard InChI is InChI=1S/C30H52O9/c1-17(4-7-27(37)39-21(14-32)16-38-15-20(34)13-31)22-5-6-23-28-24(12-26(36)30(22,23)3)29(2)9-8-19(33)10-18(29)11-25(28)35/h17-26,28,31-36H,4-16H2,1-3H3/t17-,18+,19-,20?,21?,22-,23?,24?,25-,26+,28?,29+,30-/m1/s1. The number of rotatable bonds is 11. The Hall–Kier alpha value is -0.810. The number of esters is 1. The smallest absolute Gasteiger partial charge is 0.306 e. The average molecular weight is 557 g/mol. The fraction of sp³-hybridized carbons (Fsp3) is 0.967. The van der Waals surface area contributed by atoms with E-state index < -0.39 is 43.6 Å². The van der Waals surface area contributed by atoms with E-state index in [0.717, 1.165) is 38.5 Å². The van der Waals surface area contributed by atoms with Gasteiger partial charge in [-0.2, -0.15) is 0 Å². The van der Waals surface area contributed by atoms with E-state index in [9.17, 15) is 30.3 Å². The number of fused-ring (bicyclic) bond motifs is 5. The molecular weight excluding hydrogens is 504 g/mol. The van der Waals surface area contributed by atoms with Crippen molar-refractivity contribution >= 4 is 5.97 Å². The number of aliphatic hydroxyl groups is 6. The van der Waals surface area contributed by atoms with Crippen LogP contribution in [0.3, 0.4) is 0 Å². The first-order chi connectivity index (χ1) is 18.4. The molecule has 0 radical (unpaired) electrons. The fourth-order valence-corrected chi connectivity index (χ4v) is 9.44. The van der Waals surface area contributed by atoms with E-state index in [-0.39, 0.29) is 66.2 Å². The van der Waals surface area contributed by atoms with Crippen LogP contribution in [0.1, 0.15) is 78.6 Å². The lowest BCUT2D eigenvalue weighted by molar-refractivity contribution is -0.207. The maximum atomic E-state index is 12.6. The van der Waals surface area contributed by atoms with Crippen molar-refractivity contribution in [2.45, 2.75) is 109 Å². The second-order valence-corrected chi connectivity index (χ2v) is 13.7. The van der Waals surface area contributed by atoms with Gasteiger partial charge >= 0.3 is 5.97 Å². The number of hydrogen-bond acceptors (Lipinski definition) is 9. The van der Waals surface area contributed by atoms with Crippen LogP contribution in [0.25, 0.3) is 0 Å². The molecule has 0 aromatic heterocycles. The average Bonchev–Trinajstić information content (AvgIpc) is 3.26. The summed E-state index contributed by atoms with van der Waals surface area (Å²) in [5.41, 5.74) is -0.278. The third-order valence-electron chi connectivity index (χ3n) is 11.7. The number of carbonyl (C=O) groups excluding carboxylic acids is 1. The molecule has 4 fully saturated rings. The molecule has 0 aromatic rings. The minimum atomic E-state index is -1.02. The van der Waals surface area contributed by atoms with Crippen molar-refractivity contribution in [3.63, 3.8) is 0 Å². The molecule has 13 atom stereocenters. The molecule has 39 heavy (non-hydrogen) atoms. The molecule has 4 aliphatic rings. The quantitative estimate of drug-likeness (QED) is 0.208. The summed E-state index contributed by atoms with van der Waals surface area (Å²) in [5.74, 6) is 0.931. The topological polar surface area (TPSA) is 157 Å². The Bertz CT molecular complexity index is 824. The highest BCUT2D eigenvalue weighted by Crippen LogP contribution is 2.68. The Morgan fingerprint density at radius 3 is 2.41 bits per heavy atom. The van der Waals surface area contributed by atoms with Crippen LogP contribution in [0.15, 0.2) is 0 Å². The van der Waals surface area contributed by atoms with Crippen LogP contribution in [0.2, 0.25) is 0 Å². The van der Waals surface area contributed by atoms with Gasteiger partial charge in [-0.1, -0.05) is 20.8 Å². The summed E-state index contributed by atoms with van der Waals surface area (Å²) in [6.07, 6.45) is 3.65. The molecule has 0 aliphatic heterocycles. The van der Waals surface area contributed by atoms with Crippen molar-refractivity contribution in [1.82, 2.24) is 0 Å². The van der Waals surface area contributed by atoms with Crippen molar-refractivity contribution in [3.8, 4) is 0 Å². The molecule has 0 bridgehead atoms. The highest BCUT2D eigenvalue weighted by Gasteiger charge is 2.65. The van der Waals surface area contributed by atoms with Crippen LogP contribution in [0, 0.1) is 46.3 Å². The summed E-state index contributed by atoms with van der Waals surface area (Å²) in [6, 6.07) is 0. The second kappa shape index (κ2) is 12.6. The third kappa shape index (κ3) is 6.06. The maximum Gasteiger partial charge on any atom is 0.306 e. The first kappa shape index (κ1) is 31.1. The maximum absolute atomic E-state index is 12.6. The van der Waals surface area contributed by atoms with Gasteiger partial charge in [-0.05, 0) is 97.7 Å². The largest absolute Gasteiger partial charge is 0.457 e. The van der Waals surface area contributed by atoms with Gasteiger partial charge in [0.15, 0.2) is 0 Å². The zero-order valence-electron chi connectivity index (χ0n) is 24.0. The van der Waals surface area contributed by atoms with E-state index in [2.05, 4.69) is 20.8 Å². The summed E-state index contributed by atoms with van der Waals surface area (Å²) < 4.78 is 10.6. The van der Waals surface area contributed by atoms with E-state index in [4.69, 9.17) is 14.6 Å². The van der Waals surface area contributed by atoms with E-state index in [0.29, 0.717) is 18.8 Å². The summed E-state index contributed by atoms with van der Waals surface area (Å²) in [4.78, 5) is 12.6. The van der Waals surface area contributed by atoms with Gasteiger partial charge in [0, 0.05) is 6.42 Å². The van der Waals surface area contributed by atoms with Gasteiger partial charge in [-0.15, -0.1) is 0 Å². The van der Waals surface area contributed by atoms with E-state index in [1.54, 1.807) is 0 Å². The molecule has 5 unspecified atom stereocenters. The Labute approximate surface area is 232 Å². The molecule has 9 heteroatoms. The van der Waals surface area contributed by atoms with Gasteiger partial charge in [-0.25, -0.2) is 0 Å². The van der Waals surface area contributed by atoms with Crippen LogP contribution in [0.5, 0.6) is 0 Å². The fourth-order valence-electron chi connectivity index (χ4n) is 9.44. The van der Waals surface area contributed by atoms with Crippen LogP contribution < -0.4 is 0 Å². The molecule has 9 nitrogen and oxygen atoms in total. The molecule has 4 saturated carbocycles. The Morgan fingerprint density at radius 2 is 1.72 bits per heavy atom. The van der Waals surface area contributed by atoms with Gasteiger partial charge < -0.3 is 40.1 Å². The van der Waals surface area contributed by atoms with E-state index >= 15 is 0 Å². The van der Waals surface area contributed by atoms with Gasteiger partial charge in [0.2, 0.25) is 0 Å². The van der Waals surface area contributed by atoms with Gasteiger partial charge in [0.05, 0.1) is 44.7 Å². The lowest BCUT2D eigenvalue weighted by Gasteiger charge is -2.63. The van der Waals surface area contributed by atoms with Crippen LogP contribution in [-0.2, 0) is 14.3 Å². The molecule has 0 saturated heterocycles. The monoisotopic (exact) mass is 556 g/mol. The lowest BCUT2D eigenvalue weighted by Crippen LogP contribution is -2.62. The molecule has 4 aliphatic carbocycles. The van der Waals surface area contributed by atoms with E-state index in [1.165, 1.54) is 0 Å². The van der Waals surface area contributed by atoms with Gasteiger partial charge in [0.25, 0.3) is 0 Å². The number of ether oxygens (including phenoxy) is 2. The first-order valence-electron chi connectivity index (χ1n) is 15.2. The van der Waals surface area contributed by atoms with Crippen molar-refractivity contribution in [3.05, 3.63) is 0 Å². The summed E-state index contributed by atoms with van der Waals surface area (Å²) in [5, 5.41) is 61.2. The molecule has 6 N–H and O–H groups in total. The highest BCUT2D eigenvalue weighted by molar-refractivity contribution is 5.69. The van der Waals surface area contributed by atoms with Crippen LogP contribution in [-0.4, -0.2) is 93.6 Å². The van der Waals surface area contributed by atoms with Gasteiger partial charge in [0.1, 0.15) is 12.2 Å². The minimum Gasteiger partial charge on any atom is -0.457 e.